The van der Waals surface area contributed by atoms with Crippen LogP contribution in [0.2, 0.25) is 0 Å². The van der Waals surface area contributed by atoms with Gasteiger partial charge in [-0.3, -0.25) is 4.79 Å². The average Bonchev–Trinajstić information content (AvgIpc) is 2.91. The average molecular weight is 383 g/mol. The fourth-order valence-electron chi connectivity index (χ4n) is 1.58. The van der Waals surface area contributed by atoms with E-state index in [9.17, 15) is 14.4 Å². The summed E-state index contributed by atoms with van der Waals surface area (Å²) in [6.45, 7) is -0.326. The summed E-state index contributed by atoms with van der Waals surface area (Å²) in [5.41, 5.74) is 5.71. The van der Waals surface area contributed by atoms with Gasteiger partial charge in [0.1, 0.15) is 0 Å². The summed E-state index contributed by atoms with van der Waals surface area (Å²) in [6.07, 6.45) is 0. The van der Waals surface area contributed by atoms with E-state index in [1.807, 2.05) is 0 Å². The number of carbonyl (C=O) groups is 3. The van der Waals surface area contributed by atoms with Crippen LogP contribution in [0.5, 0.6) is 0 Å². The largest absolute Gasteiger partial charge is 0.454 e. The van der Waals surface area contributed by atoms with Crippen LogP contribution < -0.4 is 11.1 Å². The Balaban J connectivity index is 1.92. The van der Waals surface area contributed by atoms with E-state index in [1.165, 1.54) is 35.6 Å². The third-order valence-corrected chi connectivity index (χ3v) is 4.24. The number of ether oxygens (including phenoxy) is 1. The minimum absolute atomic E-state index is 0.268. The Kier molecular flexibility index (Phi) is 5.29. The zero-order valence-electron chi connectivity index (χ0n) is 11.2. The van der Waals surface area contributed by atoms with Crippen LogP contribution in [-0.4, -0.2) is 24.4 Å². The van der Waals surface area contributed by atoms with Crippen LogP contribution in [0.15, 0.2) is 40.2 Å². The zero-order chi connectivity index (χ0) is 16.1. The van der Waals surface area contributed by atoms with Gasteiger partial charge in [0.15, 0.2) is 6.61 Å². The second-order valence-electron chi connectivity index (χ2n) is 4.17. The zero-order valence-corrected chi connectivity index (χ0v) is 13.6. The summed E-state index contributed by atoms with van der Waals surface area (Å²) in [6, 6.07) is 8.70. The van der Waals surface area contributed by atoms with Crippen LogP contribution in [0.4, 0.5) is 10.5 Å². The van der Waals surface area contributed by atoms with Crippen LogP contribution in [-0.2, 0) is 4.74 Å². The van der Waals surface area contributed by atoms with Gasteiger partial charge in [-0.05, 0) is 52.3 Å². The second kappa shape index (κ2) is 7.19. The first kappa shape index (κ1) is 16.2. The number of hydrogen-bond acceptors (Lipinski definition) is 5. The van der Waals surface area contributed by atoms with E-state index in [2.05, 4.69) is 21.2 Å². The summed E-state index contributed by atoms with van der Waals surface area (Å²) in [4.78, 5) is 34.8. The Morgan fingerprint density at radius 3 is 2.36 bits per heavy atom. The molecule has 8 heteroatoms. The molecule has 0 bridgehead atoms. The molecule has 22 heavy (non-hydrogen) atoms. The third kappa shape index (κ3) is 4.40. The molecule has 1 aromatic heterocycles. The molecule has 0 saturated carbocycles. The number of halogens is 1. The van der Waals surface area contributed by atoms with Gasteiger partial charge >= 0.3 is 12.0 Å². The van der Waals surface area contributed by atoms with Crippen molar-refractivity contribution in [2.24, 2.45) is 5.73 Å². The van der Waals surface area contributed by atoms with Gasteiger partial charge in [0.2, 0.25) is 5.78 Å². The second-order valence-corrected chi connectivity index (χ2v) is 6.63. The fraction of sp³-hybridized carbons (Fsp3) is 0.0714. The van der Waals surface area contributed by atoms with Crippen LogP contribution in [0.3, 0.4) is 0 Å². The van der Waals surface area contributed by atoms with Crippen molar-refractivity contribution >= 4 is 50.7 Å². The number of carbonyl (C=O) groups excluding carboxylic acids is 3. The Morgan fingerprint density at radius 1 is 1.14 bits per heavy atom. The summed E-state index contributed by atoms with van der Waals surface area (Å²) >= 11 is 4.54. The molecule has 0 spiro atoms. The van der Waals surface area contributed by atoms with Gasteiger partial charge in [0.05, 0.1) is 14.2 Å². The molecule has 2 amide bonds. The molecular formula is C14H11BrN2O4S. The molecule has 0 aliphatic heterocycles. The minimum Gasteiger partial charge on any atom is -0.454 e. The van der Waals surface area contributed by atoms with Crippen molar-refractivity contribution in [1.29, 1.82) is 0 Å². The number of benzene rings is 1. The van der Waals surface area contributed by atoms with E-state index < -0.39 is 12.0 Å². The molecule has 3 N–H and O–H groups in total. The lowest BCUT2D eigenvalue weighted by molar-refractivity contribution is 0.0476. The molecule has 0 saturated heterocycles. The lowest BCUT2D eigenvalue weighted by atomic mass is 10.2. The number of nitrogens with one attached hydrogen (secondary N) is 1. The van der Waals surface area contributed by atoms with E-state index >= 15 is 0 Å². The maximum atomic E-state index is 11.8. The number of primary amides is 1. The highest BCUT2D eigenvalue weighted by Gasteiger charge is 2.13. The maximum absolute atomic E-state index is 11.8. The molecule has 1 heterocycles. The number of ketones is 1. The number of thiophene rings is 1. The van der Waals surface area contributed by atoms with Crippen molar-refractivity contribution in [2.45, 2.75) is 0 Å². The quantitative estimate of drug-likeness (QED) is 0.613. The van der Waals surface area contributed by atoms with E-state index in [0.29, 0.717) is 10.6 Å². The molecule has 1 aromatic carbocycles. The van der Waals surface area contributed by atoms with Crippen molar-refractivity contribution in [1.82, 2.24) is 0 Å². The van der Waals surface area contributed by atoms with Crippen molar-refractivity contribution in [3.63, 3.8) is 0 Å². The lowest BCUT2D eigenvalue weighted by Gasteiger charge is -2.05. The number of Topliss-reactive ketones (excluding diaryl/α,β-unsaturated/α-hetero) is 1. The molecule has 0 radical (unpaired) electrons. The molecule has 0 fully saturated rings. The molecule has 2 aromatic rings. The summed E-state index contributed by atoms with van der Waals surface area (Å²) in [5.74, 6) is -0.884. The van der Waals surface area contributed by atoms with Crippen molar-refractivity contribution < 1.29 is 19.1 Å². The summed E-state index contributed by atoms with van der Waals surface area (Å²) in [5, 5.41) is 2.37. The first-order chi connectivity index (χ1) is 10.5. The third-order valence-electron chi connectivity index (χ3n) is 2.57. The van der Waals surface area contributed by atoms with E-state index in [-0.39, 0.29) is 18.0 Å². The molecular weight excluding hydrogens is 372 g/mol. The Morgan fingerprint density at radius 2 is 1.82 bits per heavy atom. The first-order valence-corrected chi connectivity index (χ1v) is 7.69. The molecule has 6 nitrogen and oxygen atoms in total. The van der Waals surface area contributed by atoms with Gasteiger partial charge in [-0.1, -0.05) is 0 Å². The van der Waals surface area contributed by atoms with Crippen molar-refractivity contribution in [3.05, 3.63) is 50.6 Å². The molecule has 0 unspecified atom stereocenters. The van der Waals surface area contributed by atoms with Crippen LogP contribution in [0, 0.1) is 0 Å². The van der Waals surface area contributed by atoms with E-state index in [1.54, 1.807) is 12.1 Å². The van der Waals surface area contributed by atoms with E-state index in [0.717, 1.165) is 3.79 Å². The maximum Gasteiger partial charge on any atom is 0.338 e. The number of esters is 1. The van der Waals surface area contributed by atoms with E-state index in [4.69, 9.17) is 10.5 Å². The fourth-order valence-corrected chi connectivity index (χ4v) is 2.89. The molecule has 2 rings (SSSR count). The van der Waals surface area contributed by atoms with Crippen LogP contribution >= 0.6 is 27.3 Å². The topological polar surface area (TPSA) is 98.5 Å². The van der Waals surface area contributed by atoms with Crippen LogP contribution in [0.25, 0.3) is 0 Å². The number of nitrogens with two attached hydrogens (primary N) is 1. The van der Waals surface area contributed by atoms with Crippen molar-refractivity contribution in [3.8, 4) is 0 Å². The molecule has 0 aliphatic carbocycles. The predicted octanol–water partition coefficient (Wildman–Crippen LogP) is 3.04. The minimum atomic E-state index is -0.692. The Bertz CT molecular complexity index is 712. The standard InChI is InChI=1S/C14H11BrN2O4S/c15-12-6-5-11(22-12)10(18)7-21-13(19)8-1-3-9(4-2-8)17-14(16)20/h1-6H,7H2,(H3,16,17,20). The Hall–Kier alpha value is -2.19. The normalized spacial score (nSPS) is 10.0. The monoisotopic (exact) mass is 382 g/mol. The van der Waals surface area contributed by atoms with Crippen LogP contribution in [0.1, 0.15) is 20.0 Å². The van der Waals surface area contributed by atoms with Crippen molar-refractivity contribution in [2.75, 3.05) is 11.9 Å². The molecule has 0 aliphatic rings. The number of amides is 2. The highest BCUT2D eigenvalue weighted by Crippen LogP contribution is 2.22. The first-order valence-electron chi connectivity index (χ1n) is 6.08. The lowest BCUT2D eigenvalue weighted by Crippen LogP contribution is -2.19. The highest BCUT2D eigenvalue weighted by molar-refractivity contribution is 9.11. The van der Waals surface area contributed by atoms with Gasteiger partial charge in [0, 0.05) is 5.69 Å². The highest BCUT2D eigenvalue weighted by atomic mass is 79.9. The van der Waals surface area contributed by atoms with Gasteiger partial charge < -0.3 is 15.8 Å². The summed E-state index contributed by atoms with van der Waals surface area (Å²) < 4.78 is 5.80. The smallest absolute Gasteiger partial charge is 0.338 e. The van der Waals surface area contributed by atoms with Gasteiger partial charge in [-0.15, -0.1) is 11.3 Å². The van der Waals surface area contributed by atoms with Gasteiger partial charge in [0.25, 0.3) is 0 Å². The summed E-state index contributed by atoms with van der Waals surface area (Å²) in [7, 11) is 0. The number of hydrogen-bond donors (Lipinski definition) is 2. The number of rotatable bonds is 5. The number of anilines is 1. The predicted molar refractivity (Wildman–Crippen MR) is 86.3 cm³/mol. The SMILES string of the molecule is NC(=O)Nc1ccc(C(=O)OCC(=O)c2ccc(Br)s2)cc1. The molecule has 114 valence electrons. The Labute approximate surface area is 138 Å². The number of urea groups is 1. The van der Waals surface area contributed by atoms with Gasteiger partial charge in [-0.25, -0.2) is 9.59 Å². The van der Waals surface area contributed by atoms with Gasteiger partial charge in [-0.2, -0.15) is 0 Å². The molecule has 0 atom stereocenters.